The first-order chi connectivity index (χ1) is 13.2. The van der Waals surface area contributed by atoms with Crippen molar-refractivity contribution in [1.82, 2.24) is 18.6 Å². The molecule has 2 aromatic heterocycles. The van der Waals surface area contributed by atoms with Gasteiger partial charge in [-0.05, 0) is 39.3 Å². The van der Waals surface area contributed by atoms with E-state index in [1.807, 2.05) is 39.8 Å². The van der Waals surface area contributed by atoms with Crippen molar-refractivity contribution in [3.8, 4) is 0 Å². The Balaban J connectivity index is 1.78. The summed E-state index contributed by atoms with van der Waals surface area (Å²) in [5.41, 5.74) is 3.83. The molecule has 0 aliphatic carbocycles. The van der Waals surface area contributed by atoms with Crippen molar-refractivity contribution >= 4 is 32.4 Å². The predicted molar refractivity (Wildman–Crippen MR) is 115 cm³/mol. The average molecular weight is 424 g/mol. The van der Waals surface area contributed by atoms with Gasteiger partial charge in [-0.25, -0.2) is 4.98 Å². The molecule has 1 atom stereocenters. The molecule has 0 radical (unpaired) electrons. The minimum atomic E-state index is -3.40. The largest absolute Gasteiger partial charge is 0.331 e. The van der Waals surface area contributed by atoms with Crippen LogP contribution in [0, 0.1) is 20.8 Å². The SMILES string of the molecule is CCN(CC)S(=O)(=O)N1CCC(c2cc(Nc3nc(C)c(C)s3)cc(C)n2)C1. The van der Waals surface area contributed by atoms with Gasteiger partial charge in [0.2, 0.25) is 0 Å². The van der Waals surface area contributed by atoms with Crippen LogP contribution in [0.15, 0.2) is 12.1 Å². The molecule has 3 rings (SSSR count). The summed E-state index contributed by atoms with van der Waals surface area (Å²) >= 11 is 1.63. The van der Waals surface area contributed by atoms with E-state index in [1.54, 1.807) is 15.6 Å². The van der Waals surface area contributed by atoms with Gasteiger partial charge < -0.3 is 5.32 Å². The van der Waals surface area contributed by atoms with Crippen LogP contribution < -0.4 is 5.32 Å². The van der Waals surface area contributed by atoms with Gasteiger partial charge in [0.1, 0.15) is 0 Å². The monoisotopic (exact) mass is 423 g/mol. The van der Waals surface area contributed by atoms with E-state index < -0.39 is 10.2 Å². The van der Waals surface area contributed by atoms with Gasteiger partial charge in [0.15, 0.2) is 5.13 Å². The summed E-state index contributed by atoms with van der Waals surface area (Å²) in [4.78, 5) is 10.4. The van der Waals surface area contributed by atoms with E-state index in [2.05, 4.69) is 22.2 Å². The van der Waals surface area contributed by atoms with E-state index in [1.165, 1.54) is 9.18 Å². The zero-order valence-corrected chi connectivity index (χ0v) is 18.8. The molecular formula is C19H29N5O2S2. The van der Waals surface area contributed by atoms with Crippen LogP contribution in [0.2, 0.25) is 0 Å². The maximum Gasteiger partial charge on any atom is 0.281 e. The fraction of sp³-hybridized carbons (Fsp3) is 0.579. The zero-order chi connectivity index (χ0) is 20.5. The first-order valence-electron chi connectivity index (χ1n) is 9.69. The van der Waals surface area contributed by atoms with Crippen molar-refractivity contribution < 1.29 is 8.42 Å². The van der Waals surface area contributed by atoms with Crippen LogP contribution in [0.25, 0.3) is 0 Å². The molecule has 154 valence electrons. The molecule has 2 aromatic rings. The third-order valence-corrected chi connectivity index (χ3v) is 8.32. The number of aryl methyl sites for hydroxylation is 3. The Morgan fingerprint density at radius 2 is 1.93 bits per heavy atom. The fourth-order valence-corrected chi connectivity index (χ4v) is 6.04. The maximum absolute atomic E-state index is 12.8. The van der Waals surface area contributed by atoms with Crippen LogP contribution in [-0.4, -0.2) is 53.2 Å². The van der Waals surface area contributed by atoms with Crippen molar-refractivity contribution in [3.63, 3.8) is 0 Å². The lowest BCUT2D eigenvalue weighted by molar-refractivity contribution is 0.377. The molecule has 3 heterocycles. The normalized spacial score (nSPS) is 18.1. The molecule has 1 fully saturated rings. The van der Waals surface area contributed by atoms with E-state index in [4.69, 9.17) is 0 Å². The minimum Gasteiger partial charge on any atom is -0.331 e. The Hall–Kier alpha value is -1.55. The maximum atomic E-state index is 12.8. The van der Waals surface area contributed by atoms with Gasteiger partial charge in [0.05, 0.1) is 5.69 Å². The molecule has 1 unspecified atom stereocenters. The second-order valence-corrected chi connectivity index (χ2v) is 10.3. The summed E-state index contributed by atoms with van der Waals surface area (Å²) in [6, 6.07) is 4.02. The summed E-state index contributed by atoms with van der Waals surface area (Å²) in [5.74, 6) is 0.102. The first-order valence-corrected chi connectivity index (χ1v) is 11.9. The molecule has 0 bridgehead atoms. The van der Waals surface area contributed by atoms with Crippen molar-refractivity contribution in [2.24, 2.45) is 0 Å². The summed E-state index contributed by atoms with van der Waals surface area (Å²) in [6.45, 7) is 11.8. The van der Waals surface area contributed by atoms with Crippen molar-refractivity contribution in [3.05, 3.63) is 34.1 Å². The summed E-state index contributed by atoms with van der Waals surface area (Å²) in [7, 11) is -3.40. The number of pyridine rings is 1. The van der Waals surface area contributed by atoms with Crippen molar-refractivity contribution in [2.75, 3.05) is 31.5 Å². The highest BCUT2D eigenvalue weighted by Crippen LogP contribution is 2.32. The first kappa shape index (κ1) is 21.2. The van der Waals surface area contributed by atoms with Gasteiger partial charge >= 0.3 is 0 Å². The smallest absolute Gasteiger partial charge is 0.281 e. The minimum absolute atomic E-state index is 0.102. The van der Waals surface area contributed by atoms with E-state index >= 15 is 0 Å². The molecule has 0 saturated carbocycles. The second-order valence-electron chi connectivity index (χ2n) is 7.14. The third kappa shape index (κ3) is 4.37. The molecular weight excluding hydrogens is 394 g/mol. The fourth-order valence-electron chi connectivity index (χ4n) is 3.52. The van der Waals surface area contributed by atoms with Gasteiger partial charge in [0, 0.05) is 54.0 Å². The number of hydrogen-bond donors (Lipinski definition) is 1. The zero-order valence-electron chi connectivity index (χ0n) is 17.2. The van der Waals surface area contributed by atoms with Gasteiger partial charge in [-0.2, -0.15) is 17.0 Å². The molecule has 7 nitrogen and oxygen atoms in total. The number of nitrogens with zero attached hydrogens (tertiary/aromatic N) is 4. The predicted octanol–water partition coefficient (Wildman–Crippen LogP) is 3.58. The van der Waals surface area contributed by atoms with Crippen LogP contribution in [-0.2, 0) is 10.2 Å². The highest BCUT2D eigenvalue weighted by Gasteiger charge is 2.35. The molecule has 28 heavy (non-hydrogen) atoms. The van der Waals surface area contributed by atoms with Gasteiger partial charge in [-0.1, -0.05) is 13.8 Å². The summed E-state index contributed by atoms with van der Waals surface area (Å²) < 4.78 is 28.7. The van der Waals surface area contributed by atoms with E-state index in [-0.39, 0.29) is 5.92 Å². The number of rotatable bonds is 7. The molecule has 1 N–H and O–H groups in total. The quantitative estimate of drug-likeness (QED) is 0.736. The number of anilines is 2. The van der Waals surface area contributed by atoms with Crippen LogP contribution >= 0.6 is 11.3 Å². The Kier molecular flexibility index (Phi) is 6.38. The van der Waals surface area contributed by atoms with E-state index in [9.17, 15) is 8.42 Å². The average Bonchev–Trinajstić information content (AvgIpc) is 3.23. The highest BCUT2D eigenvalue weighted by atomic mass is 32.2. The summed E-state index contributed by atoms with van der Waals surface area (Å²) in [6.07, 6.45) is 0.784. The Morgan fingerprint density at radius 3 is 2.54 bits per heavy atom. The number of hydrogen-bond acceptors (Lipinski definition) is 6. The standard InChI is InChI=1S/C19H29N5O2S2/c1-6-23(7-2)28(25,26)24-9-8-16(12-24)18-11-17(10-13(3)20-18)22-19-21-14(4)15(5)27-19/h10-11,16H,6-9,12H2,1-5H3,(H,20,21,22). The number of nitrogens with one attached hydrogen (secondary N) is 1. The molecule has 1 aliphatic rings. The molecule has 1 aliphatic heterocycles. The Bertz CT molecular complexity index is 918. The molecule has 1 saturated heterocycles. The molecule has 0 aromatic carbocycles. The molecule has 9 heteroatoms. The topological polar surface area (TPSA) is 78.4 Å². The summed E-state index contributed by atoms with van der Waals surface area (Å²) in [5, 5.41) is 4.24. The third-order valence-electron chi connectivity index (χ3n) is 5.18. The van der Waals surface area contributed by atoms with E-state index in [0.717, 1.165) is 34.3 Å². The van der Waals surface area contributed by atoms with Crippen LogP contribution in [0.5, 0.6) is 0 Å². The second kappa shape index (κ2) is 8.44. The number of thiazole rings is 1. The lowest BCUT2D eigenvalue weighted by Gasteiger charge is -2.25. The number of aromatic nitrogens is 2. The van der Waals surface area contributed by atoms with Crippen molar-refractivity contribution in [2.45, 2.75) is 47.0 Å². The van der Waals surface area contributed by atoms with Crippen LogP contribution in [0.4, 0.5) is 10.8 Å². The lowest BCUT2D eigenvalue weighted by atomic mass is 10.0. The van der Waals surface area contributed by atoms with Crippen LogP contribution in [0.3, 0.4) is 0 Å². The van der Waals surface area contributed by atoms with Crippen molar-refractivity contribution in [1.29, 1.82) is 0 Å². The molecule has 0 amide bonds. The lowest BCUT2D eigenvalue weighted by Crippen LogP contribution is -2.42. The highest BCUT2D eigenvalue weighted by molar-refractivity contribution is 7.86. The van der Waals surface area contributed by atoms with Gasteiger partial charge in [0.25, 0.3) is 10.2 Å². The van der Waals surface area contributed by atoms with Crippen LogP contribution in [0.1, 0.15) is 48.1 Å². The van der Waals surface area contributed by atoms with Gasteiger partial charge in [-0.15, -0.1) is 11.3 Å². The van der Waals surface area contributed by atoms with E-state index in [0.29, 0.717) is 26.2 Å². The van der Waals surface area contributed by atoms with Gasteiger partial charge in [-0.3, -0.25) is 4.98 Å². The molecule has 0 spiro atoms. The Morgan fingerprint density at radius 1 is 1.21 bits per heavy atom. The Labute approximate surface area is 172 Å².